The van der Waals surface area contributed by atoms with E-state index in [0.717, 1.165) is 12.2 Å². The molecule has 2 atom stereocenters. The van der Waals surface area contributed by atoms with Crippen molar-refractivity contribution in [1.29, 1.82) is 0 Å². The lowest BCUT2D eigenvalue weighted by atomic mass is 9.90. The van der Waals surface area contributed by atoms with Gasteiger partial charge >= 0.3 is 0 Å². The van der Waals surface area contributed by atoms with Gasteiger partial charge in [-0.15, -0.1) is 0 Å². The number of pyridine rings is 1. The second kappa shape index (κ2) is 6.74. The van der Waals surface area contributed by atoms with E-state index in [1.165, 1.54) is 44.1 Å². The Kier molecular flexibility index (Phi) is 5.00. The summed E-state index contributed by atoms with van der Waals surface area (Å²) in [5.74, 6) is 0.579. The fourth-order valence-corrected chi connectivity index (χ4v) is 2.94. The molecule has 0 spiro atoms. The molecular weight excluding hydrogens is 222 g/mol. The highest BCUT2D eigenvalue weighted by atomic mass is 14.9. The third kappa shape index (κ3) is 3.45. The number of nitrogens with zero attached hydrogens (tertiary/aromatic N) is 1. The number of nitrogens with one attached hydrogen (secondary N) is 1. The first-order valence-corrected chi connectivity index (χ1v) is 7.24. The molecule has 0 amide bonds. The average molecular weight is 247 g/mol. The zero-order chi connectivity index (χ0) is 12.8. The van der Waals surface area contributed by atoms with E-state index >= 15 is 0 Å². The van der Waals surface area contributed by atoms with Gasteiger partial charge < -0.3 is 11.1 Å². The van der Waals surface area contributed by atoms with Gasteiger partial charge in [-0.2, -0.15) is 0 Å². The van der Waals surface area contributed by atoms with Crippen LogP contribution in [-0.4, -0.2) is 17.6 Å². The molecule has 1 aromatic rings. The lowest BCUT2D eigenvalue weighted by Crippen LogP contribution is -2.30. The summed E-state index contributed by atoms with van der Waals surface area (Å²) in [5.41, 5.74) is 8.25. The monoisotopic (exact) mass is 247 g/mol. The molecule has 1 heterocycles. The number of nitrogens with two attached hydrogens (primary N) is 1. The molecule has 18 heavy (non-hydrogen) atoms. The smallest absolute Gasteiger partial charge is 0.0380 e. The van der Waals surface area contributed by atoms with Gasteiger partial charge in [-0.25, -0.2) is 0 Å². The number of hydrogen-bond acceptors (Lipinski definition) is 3. The Bertz CT molecular complexity index is 365. The van der Waals surface area contributed by atoms with E-state index in [9.17, 15) is 0 Å². The van der Waals surface area contributed by atoms with Gasteiger partial charge in [-0.1, -0.05) is 19.8 Å². The largest absolute Gasteiger partial charge is 0.398 e. The standard InChI is InChI=1S/C15H25N3/c1-2-8-18-13-6-4-3-5-12(10-13)14-11-17-9-7-15(14)16/h7,9,11-13,18H,2-6,8,10H2,1H3,(H2,16,17). The normalized spacial score (nSPS) is 24.7. The molecule has 0 bridgehead atoms. The number of rotatable bonds is 4. The van der Waals surface area contributed by atoms with Gasteiger partial charge in [0, 0.05) is 24.1 Å². The van der Waals surface area contributed by atoms with Crippen LogP contribution in [0.1, 0.15) is 56.9 Å². The van der Waals surface area contributed by atoms with Crippen molar-refractivity contribution in [1.82, 2.24) is 10.3 Å². The Hall–Kier alpha value is -1.09. The molecule has 0 saturated heterocycles. The summed E-state index contributed by atoms with van der Waals surface area (Å²) in [7, 11) is 0. The van der Waals surface area contributed by atoms with E-state index in [4.69, 9.17) is 5.73 Å². The van der Waals surface area contributed by atoms with Crippen LogP contribution < -0.4 is 11.1 Å². The molecule has 0 radical (unpaired) electrons. The average Bonchev–Trinajstić information content (AvgIpc) is 2.62. The Morgan fingerprint density at radius 2 is 2.22 bits per heavy atom. The molecule has 0 aliphatic heterocycles. The minimum Gasteiger partial charge on any atom is -0.398 e. The van der Waals surface area contributed by atoms with Crippen molar-refractivity contribution in [2.75, 3.05) is 12.3 Å². The van der Waals surface area contributed by atoms with Crippen molar-refractivity contribution in [3.63, 3.8) is 0 Å². The molecule has 1 aromatic heterocycles. The summed E-state index contributed by atoms with van der Waals surface area (Å²) in [5, 5.41) is 3.67. The second-order valence-electron chi connectivity index (χ2n) is 5.37. The molecule has 100 valence electrons. The van der Waals surface area contributed by atoms with Crippen LogP contribution >= 0.6 is 0 Å². The van der Waals surface area contributed by atoms with Gasteiger partial charge in [0.1, 0.15) is 0 Å². The number of hydrogen-bond donors (Lipinski definition) is 2. The summed E-state index contributed by atoms with van der Waals surface area (Å²) in [6.07, 6.45) is 11.3. The van der Waals surface area contributed by atoms with Crippen LogP contribution in [-0.2, 0) is 0 Å². The summed E-state index contributed by atoms with van der Waals surface area (Å²) in [6.45, 7) is 3.35. The maximum atomic E-state index is 6.09. The fourth-order valence-electron chi connectivity index (χ4n) is 2.94. The molecule has 3 nitrogen and oxygen atoms in total. The van der Waals surface area contributed by atoms with E-state index in [1.807, 2.05) is 12.3 Å². The molecule has 1 aliphatic carbocycles. The molecule has 1 aliphatic rings. The molecule has 3 heteroatoms. The highest BCUT2D eigenvalue weighted by Gasteiger charge is 2.22. The van der Waals surface area contributed by atoms with Gasteiger partial charge in [0.15, 0.2) is 0 Å². The quantitative estimate of drug-likeness (QED) is 0.804. The third-order valence-electron chi connectivity index (χ3n) is 3.93. The first kappa shape index (κ1) is 13.3. The lowest BCUT2D eigenvalue weighted by molar-refractivity contribution is 0.439. The Labute approximate surface area is 110 Å². The topological polar surface area (TPSA) is 50.9 Å². The third-order valence-corrected chi connectivity index (χ3v) is 3.93. The Morgan fingerprint density at radius 1 is 1.39 bits per heavy atom. The SMILES string of the molecule is CCCNC1CCCCC(c2cnccc2N)C1. The minimum atomic E-state index is 0.579. The van der Waals surface area contributed by atoms with Gasteiger partial charge in [-0.3, -0.25) is 4.98 Å². The Balaban J connectivity index is 2.05. The van der Waals surface area contributed by atoms with Crippen molar-refractivity contribution < 1.29 is 0 Å². The summed E-state index contributed by atoms with van der Waals surface area (Å²) >= 11 is 0. The molecule has 1 fully saturated rings. The van der Waals surface area contributed by atoms with Crippen LogP contribution in [0.3, 0.4) is 0 Å². The lowest BCUT2D eigenvalue weighted by Gasteiger charge is -2.22. The predicted molar refractivity (Wildman–Crippen MR) is 76.6 cm³/mol. The van der Waals surface area contributed by atoms with Crippen molar-refractivity contribution in [2.45, 2.75) is 57.4 Å². The Morgan fingerprint density at radius 3 is 3.00 bits per heavy atom. The van der Waals surface area contributed by atoms with E-state index in [-0.39, 0.29) is 0 Å². The van der Waals surface area contributed by atoms with Crippen LogP contribution in [0.15, 0.2) is 18.5 Å². The molecule has 0 aromatic carbocycles. The van der Waals surface area contributed by atoms with Crippen LogP contribution in [0.4, 0.5) is 5.69 Å². The zero-order valence-corrected chi connectivity index (χ0v) is 11.4. The molecule has 2 rings (SSSR count). The number of anilines is 1. The van der Waals surface area contributed by atoms with Crippen molar-refractivity contribution in [2.24, 2.45) is 0 Å². The fraction of sp³-hybridized carbons (Fsp3) is 0.667. The van der Waals surface area contributed by atoms with Gasteiger partial charge in [0.2, 0.25) is 0 Å². The van der Waals surface area contributed by atoms with E-state index in [1.54, 1.807) is 6.20 Å². The van der Waals surface area contributed by atoms with Gasteiger partial charge in [-0.05, 0) is 49.8 Å². The molecule has 1 saturated carbocycles. The van der Waals surface area contributed by atoms with Crippen molar-refractivity contribution in [3.05, 3.63) is 24.0 Å². The maximum absolute atomic E-state index is 6.09. The van der Waals surface area contributed by atoms with Gasteiger partial charge in [0.05, 0.1) is 0 Å². The summed E-state index contributed by atoms with van der Waals surface area (Å²) < 4.78 is 0. The van der Waals surface area contributed by atoms with Crippen molar-refractivity contribution in [3.8, 4) is 0 Å². The van der Waals surface area contributed by atoms with E-state index < -0.39 is 0 Å². The number of aromatic nitrogens is 1. The van der Waals surface area contributed by atoms with Crippen LogP contribution in [0, 0.1) is 0 Å². The highest BCUT2D eigenvalue weighted by molar-refractivity contribution is 5.46. The molecular formula is C15H25N3. The van der Waals surface area contributed by atoms with Crippen LogP contribution in [0.5, 0.6) is 0 Å². The minimum absolute atomic E-state index is 0.579. The highest BCUT2D eigenvalue weighted by Crippen LogP contribution is 2.34. The number of nitrogen functional groups attached to an aromatic ring is 1. The molecule has 3 N–H and O–H groups in total. The summed E-state index contributed by atoms with van der Waals surface area (Å²) in [6, 6.07) is 2.58. The maximum Gasteiger partial charge on any atom is 0.0380 e. The predicted octanol–water partition coefficient (Wildman–Crippen LogP) is 3.08. The van der Waals surface area contributed by atoms with Gasteiger partial charge in [0.25, 0.3) is 0 Å². The first-order valence-electron chi connectivity index (χ1n) is 7.24. The summed E-state index contributed by atoms with van der Waals surface area (Å²) in [4.78, 5) is 4.24. The van der Waals surface area contributed by atoms with Crippen LogP contribution in [0.25, 0.3) is 0 Å². The van der Waals surface area contributed by atoms with Crippen LogP contribution in [0.2, 0.25) is 0 Å². The molecule has 2 unspecified atom stereocenters. The zero-order valence-electron chi connectivity index (χ0n) is 11.4. The van der Waals surface area contributed by atoms with Crippen molar-refractivity contribution >= 4 is 5.69 Å². The van der Waals surface area contributed by atoms with E-state index in [0.29, 0.717) is 12.0 Å². The first-order chi connectivity index (χ1) is 8.81. The second-order valence-corrected chi connectivity index (χ2v) is 5.37. The van der Waals surface area contributed by atoms with E-state index in [2.05, 4.69) is 17.2 Å².